The van der Waals surface area contributed by atoms with Gasteiger partial charge < -0.3 is 10.4 Å². The highest BCUT2D eigenvalue weighted by Gasteiger charge is 2.29. The Bertz CT molecular complexity index is 969. The van der Waals surface area contributed by atoms with E-state index in [-0.39, 0.29) is 11.3 Å². The molecule has 134 valence electrons. The van der Waals surface area contributed by atoms with E-state index in [9.17, 15) is 18.0 Å². The van der Waals surface area contributed by atoms with E-state index in [1.54, 1.807) is 30.3 Å². The molecule has 0 radical (unpaired) electrons. The van der Waals surface area contributed by atoms with Gasteiger partial charge in [-0.25, -0.2) is 8.42 Å². The van der Waals surface area contributed by atoms with Crippen LogP contribution in [0.2, 0.25) is 0 Å². The molecule has 1 atom stereocenters. The first-order valence-corrected chi connectivity index (χ1v) is 9.12. The maximum absolute atomic E-state index is 12.3. The van der Waals surface area contributed by atoms with Gasteiger partial charge in [0.05, 0.1) is 0 Å². The standard InChI is InChI=1S/C17H15N3O5S/c21-16-14(17(22)23)7-8-15(19-16)11-3-5-12(6-4-11)20-26(24,25)13-2-1-9-18-10-13/h1-6,8-10,14,20H,7H2,(H,19,21)(H,22,23). The van der Waals surface area contributed by atoms with Gasteiger partial charge >= 0.3 is 5.97 Å². The minimum Gasteiger partial charge on any atom is -0.481 e. The number of anilines is 1. The van der Waals surface area contributed by atoms with E-state index in [2.05, 4.69) is 15.0 Å². The smallest absolute Gasteiger partial charge is 0.316 e. The van der Waals surface area contributed by atoms with Crippen molar-refractivity contribution in [3.05, 3.63) is 60.4 Å². The number of aliphatic carboxylic acids is 1. The lowest BCUT2D eigenvalue weighted by Crippen LogP contribution is -2.37. The normalized spacial score (nSPS) is 17.2. The highest BCUT2D eigenvalue weighted by atomic mass is 32.2. The lowest BCUT2D eigenvalue weighted by molar-refractivity contribution is -0.146. The second-order valence-electron chi connectivity index (χ2n) is 5.61. The Balaban J connectivity index is 1.75. The number of benzene rings is 1. The number of hydrogen-bond acceptors (Lipinski definition) is 5. The molecule has 1 aliphatic rings. The van der Waals surface area contributed by atoms with Crippen LogP contribution < -0.4 is 10.0 Å². The van der Waals surface area contributed by atoms with Gasteiger partial charge in [-0.1, -0.05) is 18.2 Å². The van der Waals surface area contributed by atoms with Crippen LogP contribution in [0.3, 0.4) is 0 Å². The molecule has 0 bridgehead atoms. The quantitative estimate of drug-likeness (QED) is 0.681. The number of carboxylic acids is 1. The fourth-order valence-corrected chi connectivity index (χ4v) is 3.48. The summed E-state index contributed by atoms with van der Waals surface area (Å²) in [4.78, 5) is 26.6. The molecule has 0 saturated carbocycles. The third-order valence-electron chi connectivity index (χ3n) is 3.82. The molecule has 3 N–H and O–H groups in total. The molecule has 9 heteroatoms. The maximum Gasteiger partial charge on any atom is 0.316 e. The number of nitrogens with one attached hydrogen (secondary N) is 2. The van der Waals surface area contributed by atoms with Gasteiger partial charge in [0.1, 0.15) is 10.8 Å². The van der Waals surface area contributed by atoms with Crippen molar-refractivity contribution in [2.45, 2.75) is 11.3 Å². The van der Waals surface area contributed by atoms with E-state index in [4.69, 9.17) is 5.11 Å². The number of rotatable bonds is 5. The molecule has 1 aromatic carbocycles. The number of pyridine rings is 1. The van der Waals surface area contributed by atoms with Crippen molar-refractivity contribution in [1.29, 1.82) is 0 Å². The Morgan fingerprint density at radius 3 is 2.54 bits per heavy atom. The zero-order chi connectivity index (χ0) is 18.7. The minimum absolute atomic E-state index is 0.0473. The number of sulfonamides is 1. The number of amides is 1. The molecule has 2 heterocycles. The second-order valence-corrected chi connectivity index (χ2v) is 7.29. The molecule has 26 heavy (non-hydrogen) atoms. The number of aromatic nitrogens is 1. The first kappa shape index (κ1) is 17.6. The molecule has 8 nitrogen and oxygen atoms in total. The monoisotopic (exact) mass is 373 g/mol. The molecular formula is C17H15N3O5S. The van der Waals surface area contributed by atoms with Crippen LogP contribution in [0.1, 0.15) is 12.0 Å². The number of allylic oxidation sites excluding steroid dienone is 1. The Hall–Kier alpha value is -3.20. The summed E-state index contributed by atoms with van der Waals surface area (Å²) in [6, 6.07) is 9.34. The van der Waals surface area contributed by atoms with E-state index < -0.39 is 27.8 Å². The number of carboxylic acid groups (broad SMARTS) is 1. The van der Waals surface area contributed by atoms with E-state index >= 15 is 0 Å². The zero-order valence-electron chi connectivity index (χ0n) is 13.4. The van der Waals surface area contributed by atoms with Crippen LogP contribution in [0.15, 0.2) is 59.8 Å². The molecule has 0 saturated heterocycles. The SMILES string of the molecule is O=C(O)C1CC=C(c2ccc(NS(=O)(=O)c3cccnc3)cc2)NC1=O. The predicted octanol–water partition coefficient (Wildman–Crippen LogP) is 1.44. The predicted molar refractivity (Wildman–Crippen MR) is 93.4 cm³/mol. The third kappa shape index (κ3) is 3.72. The second kappa shape index (κ2) is 6.96. The van der Waals surface area contributed by atoms with Crippen molar-refractivity contribution in [2.24, 2.45) is 5.92 Å². The van der Waals surface area contributed by atoms with Crippen LogP contribution in [-0.2, 0) is 19.6 Å². The number of hydrogen-bond donors (Lipinski definition) is 3. The Labute approximate surface area is 149 Å². The van der Waals surface area contributed by atoms with Gasteiger partial charge in [-0.2, -0.15) is 0 Å². The molecule has 1 amide bonds. The Morgan fingerprint density at radius 1 is 1.23 bits per heavy atom. The first-order chi connectivity index (χ1) is 12.4. The van der Waals surface area contributed by atoms with Gasteiger partial charge in [0.15, 0.2) is 0 Å². The van der Waals surface area contributed by atoms with E-state index in [0.717, 1.165) is 0 Å². The van der Waals surface area contributed by atoms with Gasteiger partial charge in [-0.3, -0.25) is 19.3 Å². The molecule has 1 unspecified atom stereocenters. The lowest BCUT2D eigenvalue weighted by atomic mass is 9.98. The van der Waals surface area contributed by atoms with Crippen LogP contribution in [0.4, 0.5) is 5.69 Å². The highest BCUT2D eigenvalue weighted by molar-refractivity contribution is 7.92. The summed E-state index contributed by atoms with van der Waals surface area (Å²) >= 11 is 0. The zero-order valence-corrected chi connectivity index (χ0v) is 14.2. The summed E-state index contributed by atoms with van der Waals surface area (Å²) in [5.74, 6) is -2.83. The van der Waals surface area contributed by atoms with E-state index in [1.165, 1.54) is 24.5 Å². The van der Waals surface area contributed by atoms with Crippen LogP contribution in [0, 0.1) is 5.92 Å². The largest absolute Gasteiger partial charge is 0.481 e. The molecule has 2 aromatic rings. The molecule has 0 spiro atoms. The topological polar surface area (TPSA) is 125 Å². The average Bonchev–Trinajstić information content (AvgIpc) is 2.62. The van der Waals surface area contributed by atoms with Gasteiger partial charge in [-0.15, -0.1) is 0 Å². The minimum atomic E-state index is -3.74. The van der Waals surface area contributed by atoms with Crippen molar-refractivity contribution in [2.75, 3.05) is 4.72 Å². The Kier molecular flexibility index (Phi) is 4.72. The van der Waals surface area contributed by atoms with Crippen molar-refractivity contribution < 1.29 is 23.1 Å². The van der Waals surface area contributed by atoms with Crippen LogP contribution in [0.25, 0.3) is 5.70 Å². The summed E-state index contributed by atoms with van der Waals surface area (Å²) < 4.78 is 27.0. The number of carbonyl (C=O) groups is 2. The van der Waals surface area contributed by atoms with E-state index in [0.29, 0.717) is 16.9 Å². The van der Waals surface area contributed by atoms with Gasteiger partial charge in [-0.05, 0) is 36.2 Å². The Morgan fingerprint density at radius 2 is 1.96 bits per heavy atom. The van der Waals surface area contributed by atoms with Crippen molar-refractivity contribution >= 4 is 33.3 Å². The summed E-state index contributed by atoms with van der Waals surface area (Å²) in [5, 5.41) is 11.5. The summed E-state index contributed by atoms with van der Waals surface area (Å²) in [6.45, 7) is 0. The fourth-order valence-electron chi connectivity index (χ4n) is 2.45. The van der Waals surface area contributed by atoms with Crippen molar-refractivity contribution in [1.82, 2.24) is 10.3 Å². The molecule has 0 fully saturated rings. The third-order valence-corrected chi connectivity index (χ3v) is 5.19. The van der Waals surface area contributed by atoms with Crippen molar-refractivity contribution in [3.63, 3.8) is 0 Å². The maximum atomic E-state index is 12.3. The number of carbonyl (C=O) groups excluding carboxylic acids is 1. The van der Waals surface area contributed by atoms with Crippen LogP contribution in [-0.4, -0.2) is 30.4 Å². The van der Waals surface area contributed by atoms with Crippen molar-refractivity contribution in [3.8, 4) is 0 Å². The van der Waals surface area contributed by atoms with Gasteiger partial charge in [0.25, 0.3) is 10.0 Å². The highest BCUT2D eigenvalue weighted by Crippen LogP contribution is 2.23. The lowest BCUT2D eigenvalue weighted by Gasteiger charge is -2.19. The summed E-state index contributed by atoms with van der Waals surface area (Å²) in [6.07, 6.45) is 4.47. The van der Waals surface area contributed by atoms with Gasteiger partial charge in [0.2, 0.25) is 5.91 Å². The molecule has 1 aromatic heterocycles. The summed E-state index contributed by atoms with van der Waals surface area (Å²) in [7, 11) is -3.74. The van der Waals surface area contributed by atoms with Crippen LogP contribution in [0.5, 0.6) is 0 Å². The van der Waals surface area contributed by atoms with Gasteiger partial charge in [0, 0.05) is 23.8 Å². The van der Waals surface area contributed by atoms with Crippen LogP contribution >= 0.6 is 0 Å². The number of nitrogens with zero attached hydrogens (tertiary/aromatic N) is 1. The average molecular weight is 373 g/mol. The summed E-state index contributed by atoms with van der Waals surface area (Å²) in [5.41, 5.74) is 1.49. The molecule has 0 aliphatic carbocycles. The molecule has 3 rings (SSSR count). The van der Waals surface area contributed by atoms with E-state index in [1.807, 2.05) is 0 Å². The molecule has 1 aliphatic heterocycles. The first-order valence-electron chi connectivity index (χ1n) is 7.64. The molecular weight excluding hydrogens is 358 g/mol. The fraction of sp³-hybridized carbons (Fsp3) is 0.118.